The zero-order valence-electron chi connectivity index (χ0n) is 11.1. The molecule has 2 unspecified atom stereocenters. The first-order valence-corrected chi connectivity index (χ1v) is 6.85. The van der Waals surface area contributed by atoms with Crippen LogP contribution in [0.25, 0.3) is 0 Å². The molecule has 0 aromatic heterocycles. The minimum absolute atomic E-state index is 0.312. The molecule has 3 nitrogen and oxygen atoms in total. The summed E-state index contributed by atoms with van der Waals surface area (Å²) in [5.74, 6) is 0. The van der Waals surface area contributed by atoms with E-state index in [2.05, 4.69) is 36.0 Å². The van der Waals surface area contributed by atoms with E-state index in [1.165, 1.54) is 12.0 Å². The van der Waals surface area contributed by atoms with E-state index in [4.69, 9.17) is 17.3 Å². The summed E-state index contributed by atoms with van der Waals surface area (Å²) in [6, 6.07) is 9.02. The standard InChI is InChI=1S/C14H22ClN3/c1-17(2)13-7-8-18(10-13)14(9-16)11-3-5-12(15)6-4-11/h3-6,13-14H,7-10,16H2,1-2H3. The van der Waals surface area contributed by atoms with E-state index in [0.29, 0.717) is 18.6 Å². The van der Waals surface area contributed by atoms with Gasteiger partial charge in [0.25, 0.3) is 0 Å². The molecule has 0 amide bonds. The van der Waals surface area contributed by atoms with Crippen molar-refractivity contribution in [1.29, 1.82) is 0 Å². The summed E-state index contributed by atoms with van der Waals surface area (Å²) >= 11 is 5.93. The Balaban J connectivity index is 2.08. The third kappa shape index (κ3) is 3.04. The average Bonchev–Trinajstić information content (AvgIpc) is 2.82. The van der Waals surface area contributed by atoms with Gasteiger partial charge in [0.1, 0.15) is 0 Å². The highest BCUT2D eigenvalue weighted by atomic mass is 35.5. The number of benzene rings is 1. The molecule has 2 rings (SSSR count). The lowest BCUT2D eigenvalue weighted by atomic mass is 10.1. The summed E-state index contributed by atoms with van der Waals surface area (Å²) < 4.78 is 0. The van der Waals surface area contributed by atoms with Gasteiger partial charge in [0, 0.05) is 36.7 Å². The van der Waals surface area contributed by atoms with E-state index in [0.717, 1.165) is 18.1 Å². The second kappa shape index (κ2) is 6.02. The molecule has 1 aliphatic rings. The molecule has 0 radical (unpaired) electrons. The highest BCUT2D eigenvalue weighted by Gasteiger charge is 2.29. The molecule has 18 heavy (non-hydrogen) atoms. The van der Waals surface area contributed by atoms with Crippen LogP contribution in [0.15, 0.2) is 24.3 Å². The lowest BCUT2D eigenvalue weighted by Crippen LogP contribution is -2.36. The number of hydrogen-bond donors (Lipinski definition) is 1. The van der Waals surface area contributed by atoms with Gasteiger partial charge in [-0.05, 0) is 38.2 Å². The predicted molar refractivity (Wildman–Crippen MR) is 76.9 cm³/mol. The summed E-state index contributed by atoms with van der Waals surface area (Å²) in [6.07, 6.45) is 1.22. The fraction of sp³-hybridized carbons (Fsp3) is 0.571. The van der Waals surface area contributed by atoms with Crippen molar-refractivity contribution in [1.82, 2.24) is 9.80 Å². The number of likely N-dealkylation sites (N-methyl/N-ethyl adjacent to an activating group) is 1. The number of hydrogen-bond acceptors (Lipinski definition) is 3. The van der Waals surface area contributed by atoms with Gasteiger partial charge in [-0.3, -0.25) is 4.90 Å². The fourth-order valence-corrected chi connectivity index (χ4v) is 2.78. The Morgan fingerprint density at radius 2 is 2.06 bits per heavy atom. The van der Waals surface area contributed by atoms with Gasteiger partial charge < -0.3 is 10.6 Å². The molecule has 1 aliphatic heterocycles. The van der Waals surface area contributed by atoms with Gasteiger partial charge in [-0.25, -0.2) is 0 Å². The van der Waals surface area contributed by atoms with Crippen molar-refractivity contribution in [2.75, 3.05) is 33.7 Å². The number of halogens is 1. The van der Waals surface area contributed by atoms with Crippen LogP contribution in [0.3, 0.4) is 0 Å². The average molecular weight is 268 g/mol. The quantitative estimate of drug-likeness (QED) is 0.906. The smallest absolute Gasteiger partial charge is 0.0471 e. The summed E-state index contributed by atoms with van der Waals surface area (Å²) in [5, 5.41) is 0.780. The molecular weight excluding hydrogens is 246 g/mol. The molecule has 4 heteroatoms. The van der Waals surface area contributed by atoms with Gasteiger partial charge in [0.2, 0.25) is 0 Å². The van der Waals surface area contributed by atoms with Crippen LogP contribution in [0, 0.1) is 0 Å². The second-order valence-corrected chi connectivity index (χ2v) is 5.64. The van der Waals surface area contributed by atoms with Crippen molar-refractivity contribution >= 4 is 11.6 Å². The molecule has 1 fully saturated rings. The van der Waals surface area contributed by atoms with E-state index in [9.17, 15) is 0 Å². The van der Waals surface area contributed by atoms with Crippen LogP contribution in [0.2, 0.25) is 5.02 Å². The maximum Gasteiger partial charge on any atom is 0.0471 e. The van der Waals surface area contributed by atoms with Gasteiger partial charge in [-0.15, -0.1) is 0 Å². The maximum atomic E-state index is 5.96. The molecule has 0 aliphatic carbocycles. The Labute approximate surface area is 115 Å². The summed E-state index contributed by atoms with van der Waals surface area (Å²) in [7, 11) is 4.29. The number of rotatable bonds is 4. The van der Waals surface area contributed by atoms with Crippen LogP contribution >= 0.6 is 11.6 Å². The summed E-state index contributed by atoms with van der Waals surface area (Å²) in [6.45, 7) is 2.87. The molecular formula is C14H22ClN3. The molecule has 1 aromatic carbocycles. The molecule has 0 saturated carbocycles. The Morgan fingerprint density at radius 3 is 2.56 bits per heavy atom. The third-order valence-electron chi connectivity index (χ3n) is 3.84. The Bertz CT molecular complexity index is 377. The van der Waals surface area contributed by atoms with Crippen LogP contribution in [0.1, 0.15) is 18.0 Å². The van der Waals surface area contributed by atoms with Crippen molar-refractivity contribution in [3.63, 3.8) is 0 Å². The zero-order valence-corrected chi connectivity index (χ0v) is 11.9. The van der Waals surface area contributed by atoms with Gasteiger partial charge in [-0.1, -0.05) is 23.7 Å². The number of nitrogens with zero attached hydrogens (tertiary/aromatic N) is 2. The van der Waals surface area contributed by atoms with Crippen LogP contribution in [0.4, 0.5) is 0 Å². The molecule has 100 valence electrons. The topological polar surface area (TPSA) is 32.5 Å². The predicted octanol–water partition coefficient (Wildman–Crippen LogP) is 1.98. The molecule has 1 heterocycles. The van der Waals surface area contributed by atoms with Gasteiger partial charge in [-0.2, -0.15) is 0 Å². The highest BCUT2D eigenvalue weighted by Crippen LogP contribution is 2.26. The van der Waals surface area contributed by atoms with E-state index < -0.39 is 0 Å². The van der Waals surface area contributed by atoms with E-state index in [1.807, 2.05) is 12.1 Å². The lowest BCUT2D eigenvalue weighted by Gasteiger charge is -2.28. The third-order valence-corrected chi connectivity index (χ3v) is 4.10. The SMILES string of the molecule is CN(C)C1CCN(C(CN)c2ccc(Cl)cc2)C1. The monoisotopic (exact) mass is 267 g/mol. The van der Waals surface area contributed by atoms with E-state index >= 15 is 0 Å². The summed E-state index contributed by atoms with van der Waals surface area (Å²) in [4.78, 5) is 4.78. The molecule has 0 spiro atoms. The molecule has 2 atom stereocenters. The van der Waals surface area contributed by atoms with Crippen molar-refractivity contribution < 1.29 is 0 Å². The first-order chi connectivity index (χ1) is 8.61. The molecule has 1 saturated heterocycles. The zero-order chi connectivity index (χ0) is 13.1. The molecule has 2 N–H and O–H groups in total. The van der Waals surface area contributed by atoms with E-state index in [1.54, 1.807) is 0 Å². The van der Waals surface area contributed by atoms with Crippen molar-refractivity contribution in [2.45, 2.75) is 18.5 Å². The minimum atomic E-state index is 0.312. The van der Waals surface area contributed by atoms with Crippen LogP contribution in [-0.2, 0) is 0 Å². The lowest BCUT2D eigenvalue weighted by molar-refractivity contribution is 0.220. The Hall–Kier alpha value is -0.610. The normalized spacial score (nSPS) is 22.6. The van der Waals surface area contributed by atoms with Gasteiger partial charge >= 0.3 is 0 Å². The van der Waals surface area contributed by atoms with E-state index in [-0.39, 0.29) is 0 Å². The number of nitrogens with two attached hydrogens (primary N) is 1. The second-order valence-electron chi connectivity index (χ2n) is 5.20. The Morgan fingerprint density at radius 1 is 1.39 bits per heavy atom. The fourth-order valence-electron chi connectivity index (χ4n) is 2.65. The van der Waals surface area contributed by atoms with Crippen molar-refractivity contribution in [2.24, 2.45) is 5.73 Å². The maximum absolute atomic E-state index is 5.96. The molecule has 1 aromatic rings. The van der Waals surface area contributed by atoms with Crippen molar-refractivity contribution in [3.05, 3.63) is 34.9 Å². The van der Waals surface area contributed by atoms with Crippen LogP contribution < -0.4 is 5.73 Å². The van der Waals surface area contributed by atoms with Gasteiger partial charge in [0.15, 0.2) is 0 Å². The van der Waals surface area contributed by atoms with Crippen LogP contribution in [-0.4, -0.2) is 49.6 Å². The summed E-state index contributed by atoms with van der Waals surface area (Å²) in [5.41, 5.74) is 7.22. The highest BCUT2D eigenvalue weighted by molar-refractivity contribution is 6.30. The van der Waals surface area contributed by atoms with Gasteiger partial charge in [0.05, 0.1) is 0 Å². The number of likely N-dealkylation sites (tertiary alicyclic amines) is 1. The molecule has 0 bridgehead atoms. The van der Waals surface area contributed by atoms with Crippen molar-refractivity contribution in [3.8, 4) is 0 Å². The largest absolute Gasteiger partial charge is 0.329 e. The first-order valence-electron chi connectivity index (χ1n) is 6.48. The minimum Gasteiger partial charge on any atom is -0.329 e. The first kappa shape index (κ1) is 13.8. The van der Waals surface area contributed by atoms with Crippen LogP contribution in [0.5, 0.6) is 0 Å². The Kier molecular flexibility index (Phi) is 4.62.